The fraction of sp³-hybridized carbons (Fsp3) is 0.235. The Morgan fingerprint density at radius 1 is 1.21 bits per heavy atom. The standard InChI is InChI=1S/C17H18N4O3/c22-14-8-11-4-1-2-6-13(11)16(14)21-17(24)19-10-15(23)20-12-5-3-7-18-9-12/h1-7,9,14,16,22H,8,10H2,(H,20,23)(H2,19,21,24)/t14-,16+/m0/s1. The molecule has 1 heterocycles. The number of hydrogen-bond acceptors (Lipinski definition) is 4. The number of anilines is 1. The summed E-state index contributed by atoms with van der Waals surface area (Å²) in [5.41, 5.74) is 2.48. The molecule has 1 aliphatic rings. The third-order valence-electron chi connectivity index (χ3n) is 3.85. The van der Waals surface area contributed by atoms with Gasteiger partial charge in [-0.05, 0) is 23.3 Å². The van der Waals surface area contributed by atoms with E-state index in [9.17, 15) is 14.7 Å². The van der Waals surface area contributed by atoms with Crippen LogP contribution in [0.3, 0.4) is 0 Å². The van der Waals surface area contributed by atoms with E-state index in [1.807, 2.05) is 24.3 Å². The van der Waals surface area contributed by atoms with Gasteiger partial charge in [0.2, 0.25) is 5.91 Å². The highest BCUT2D eigenvalue weighted by atomic mass is 16.3. The number of hydrogen-bond donors (Lipinski definition) is 4. The molecule has 7 heteroatoms. The number of nitrogens with one attached hydrogen (secondary N) is 3. The lowest BCUT2D eigenvalue weighted by atomic mass is 10.1. The van der Waals surface area contributed by atoms with E-state index in [-0.39, 0.29) is 12.5 Å². The predicted molar refractivity (Wildman–Crippen MR) is 88.3 cm³/mol. The highest BCUT2D eigenvalue weighted by Gasteiger charge is 2.31. The first-order valence-electron chi connectivity index (χ1n) is 7.63. The van der Waals surface area contributed by atoms with Crippen molar-refractivity contribution in [1.82, 2.24) is 15.6 Å². The molecule has 4 N–H and O–H groups in total. The van der Waals surface area contributed by atoms with E-state index in [0.29, 0.717) is 12.1 Å². The summed E-state index contributed by atoms with van der Waals surface area (Å²) in [5.74, 6) is -0.356. The third kappa shape index (κ3) is 3.69. The van der Waals surface area contributed by atoms with Gasteiger partial charge in [0.15, 0.2) is 0 Å². The first-order chi connectivity index (χ1) is 11.6. The van der Waals surface area contributed by atoms with E-state index in [1.54, 1.807) is 18.3 Å². The van der Waals surface area contributed by atoms with Gasteiger partial charge < -0.3 is 21.1 Å². The van der Waals surface area contributed by atoms with E-state index >= 15 is 0 Å². The molecule has 1 aromatic carbocycles. The number of aromatic nitrogens is 1. The van der Waals surface area contributed by atoms with Crippen LogP contribution >= 0.6 is 0 Å². The van der Waals surface area contributed by atoms with E-state index in [2.05, 4.69) is 20.9 Å². The number of pyridine rings is 1. The third-order valence-corrected chi connectivity index (χ3v) is 3.85. The number of carbonyl (C=O) groups excluding carboxylic acids is 2. The molecule has 3 rings (SSSR count). The fourth-order valence-electron chi connectivity index (χ4n) is 2.74. The fourth-order valence-corrected chi connectivity index (χ4v) is 2.74. The zero-order valence-electron chi connectivity index (χ0n) is 12.9. The molecule has 2 atom stereocenters. The number of fused-ring (bicyclic) bond motifs is 1. The van der Waals surface area contributed by atoms with Crippen molar-refractivity contribution in [3.05, 3.63) is 59.9 Å². The topological polar surface area (TPSA) is 103 Å². The number of benzene rings is 1. The zero-order valence-corrected chi connectivity index (χ0v) is 12.9. The Bertz CT molecular complexity index is 736. The van der Waals surface area contributed by atoms with Gasteiger partial charge in [-0.1, -0.05) is 24.3 Å². The Hall–Kier alpha value is -2.93. The van der Waals surface area contributed by atoms with Crippen molar-refractivity contribution >= 4 is 17.6 Å². The van der Waals surface area contributed by atoms with Crippen molar-refractivity contribution in [3.63, 3.8) is 0 Å². The van der Waals surface area contributed by atoms with Crippen molar-refractivity contribution in [1.29, 1.82) is 0 Å². The Labute approximate surface area is 139 Å². The van der Waals surface area contributed by atoms with E-state index in [0.717, 1.165) is 11.1 Å². The minimum absolute atomic E-state index is 0.175. The minimum Gasteiger partial charge on any atom is -0.390 e. The van der Waals surface area contributed by atoms with Gasteiger partial charge in [-0.3, -0.25) is 9.78 Å². The van der Waals surface area contributed by atoms with E-state index < -0.39 is 18.2 Å². The summed E-state index contributed by atoms with van der Waals surface area (Å²) in [4.78, 5) is 27.7. The number of aliphatic hydroxyl groups excluding tert-OH is 1. The maximum Gasteiger partial charge on any atom is 0.315 e. The number of nitrogens with zero attached hydrogens (tertiary/aromatic N) is 1. The van der Waals surface area contributed by atoms with Gasteiger partial charge in [0.05, 0.1) is 30.6 Å². The second-order valence-electron chi connectivity index (χ2n) is 5.56. The van der Waals surface area contributed by atoms with Crippen LogP contribution in [-0.4, -0.2) is 34.7 Å². The van der Waals surface area contributed by atoms with Gasteiger partial charge in [-0.2, -0.15) is 0 Å². The van der Waals surface area contributed by atoms with Gasteiger partial charge in [-0.15, -0.1) is 0 Å². The van der Waals surface area contributed by atoms with Crippen LogP contribution in [0.25, 0.3) is 0 Å². The van der Waals surface area contributed by atoms with Crippen molar-refractivity contribution in [2.75, 3.05) is 11.9 Å². The summed E-state index contributed by atoms with van der Waals surface area (Å²) < 4.78 is 0. The highest BCUT2D eigenvalue weighted by molar-refractivity contribution is 5.94. The van der Waals surface area contributed by atoms with Crippen LogP contribution in [0.4, 0.5) is 10.5 Å². The number of rotatable bonds is 4. The smallest absolute Gasteiger partial charge is 0.315 e. The average Bonchev–Trinajstić information content (AvgIpc) is 2.90. The first kappa shape index (κ1) is 15.9. The maximum absolute atomic E-state index is 12.0. The molecule has 2 aromatic rings. The molecular formula is C17H18N4O3. The van der Waals surface area contributed by atoms with Crippen LogP contribution < -0.4 is 16.0 Å². The lowest BCUT2D eigenvalue weighted by molar-refractivity contribution is -0.115. The normalized spacial score (nSPS) is 18.5. The van der Waals surface area contributed by atoms with Crippen molar-refractivity contribution in [2.24, 2.45) is 0 Å². The lowest BCUT2D eigenvalue weighted by Gasteiger charge is -2.18. The molecule has 0 radical (unpaired) electrons. The summed E-state index contributed by atoms with van der Waals surface area (Å²) >= 11 is 0. The largest absolute Gasteiger partial charge is 0.390 e. The van der Waals surface area contributed by atoms with E-state index in [4.69, 9.17) is 0 Å². The number of aliphatic hydroxyl groups is 1. The molecule has 7 nitrogen and oxygen atoms in total. The average molecular weight is 326 g/mol. The molecule has 0 fully saturated rings. The van der Waals surface area contributed by atoms with Crippen LogP contribution in [0.15, 0.2) is 48.8 Å². The molecule has 0 bridgehead atoms. The molecule has 0 saturated carbocycles. The van der Waals surface area contributed by atoms with Gasteiger partial charge in [-0.25, -0.2) is 4.79 Å². The van der Waals surface area contributed by atoms with Crippen molar-refractivity contribution in [3.8, 4) is 0 Å². The van der Waals surface area contributed by atoms with Crippen LogP contribution in [0.2, 0.25) is 0 Å². The van der Waals surface area contributed by atoms with Crippen LogP contribution in [-0.2, 0) is 11.2 Å². The summed E-state index contributed by atoms with van der Waals surface area (Å²) in [7, 11) is 0. The van der Waals surface area contributed by atoms with Gasteiger partial charge >= 0.3 is 6.03 Å². The Kier molecular flexibility index (Phi) is 4.72. The maximum atomic E-state index is 12.0. The molecule has 1 aliphatic carbocycles. The first-order valence-corrected chi connectivity index (χ1v) is 7.63. The minimum atomic E-state index is -0.669. The van der Waals surface area contributed by atoms with Crippen LogP contribution in [0.1, 0.15) is 17.2 Å². The summed E-state index contributed by atoms with van der Waals surface area (Å²) in [6.45, 7) is -0.175. The van der Waals surface area contributed by atoms with Crippen LogP contribution in [0, 0.1) is 0 Å². The van der Waals surface area contributed by atoms with Gasteiger partial charge in [0.1, 0.15) is 0 Å². The predicted octanol–water partition coefficient (Wildman–Crippen LogP) is 0.978. The second kappa shape index (κ2) is 7.10. The zero-order chi connectivity index (χ0) is 16.9. The molecule has 24 heavy (non-hydrogen) atoms. The molecule has 0 aliphatic heterocycles. The van der Waals surface area contributed by atoms with Gasteiger partial charge in [0.25, 0.3) is 0 Å². The number of urea groups is 1. The Morgan fingerprint density at radius 3 is 2.83 bits per heavy atom. The summed E-state index contributed by atoms with van der Waals surface area (Å²) in [6, 6.07) is 10.0. The molecule has 1 aromatic heterocycles. The molecule has 124 valence electrons. The lowest BCUT2D eigenvalue weighted by Crippen LogP contribution is -2.43. The Morgan fingerprint density at radius 2 is 2.04 bits per heavy atom. The quantitative estimate of drug-likeness (QED) is 0.672. The molecule has 3 amide bonds. The SMILES string of the molecule is O=C(CNC(=O)N[C@@H]1c2ccccc2C[C@@H]1O)Nc1cccnc1. The van der Waals surface area contributed by atoms with Gasteiger partial charge in [0, 0.05) is 12.6 Å². The van der Waals surface area contributed by atoms with E-state index in [1.165, 1.54) is 6.20 Å². The summed E-state index contributed by atoms with van der Waals surface area (Å²) in [5, 5.41) is 17.9. The number of carbonyl (C=O) groups is 2. The van der Waals surface area contributed by atoms with Crippen LogP contribution in [0.5, 0.6) is 0 Å². The summed E-state index contributed by atoms with van der Waals surface area (Å²) in [6.07, 6.45) is 2.95. The van der Waals surface area contributed by atoms with Crippen molar-refractivity contribution in [2.45, 2.75) is 18.6 Å². The van der Waals surface area contributed by atoms with Crippen molar-refractivity contribution < 1.29 is 14.7 Å². The molecule has 0 saturated heterocycles. The second-order valence-corrected chi connectivity index (χ2v) is 5.56. The molecule has 0 spiro atoms. The number of amides is 3. The highest BCUT2D eigenvalue weighted by Crippen LogP contribution is 2.30. The molecular weight excluding hydrogens is 308 g/mol. The molecule has 0 unspecified atom stereocenters. The monoisotopic (exact) mass is 326 g/mol. The Balaban J connectivity index is 1.50.